The van der Waals surface area contributed by atoms with Gasteiger partial charge in [0, 0.05) is 18.7 Å². The van der Waals surface area contributed by atoms with Gasteiger partial charge in [0.15, 0.2) is 0 Å². The summed E-state index contributed by atoms with van der Waals surface area (Å²) in [5.74, 6) is -1.44. The van der Waals surface area contributed by atoms with Gasteiger partial charge < -0.3 is 5.11 Å². The zero-order valence-corrected chi connectivity index (χ0v) is 13.0. The van der Waals surface area contributed by atoms with E-state index in [1.807, 2.05) is 0 Å². The number of carboxylic acid groups (broad SMARTS) is 1. The summed E-state index contributed by atoms with van der Waals surface area (Å²) in [6.45, 7) is 1.35. The number of carboxylic acids is 1. The lowest BCUT2D eigenvalue weighted by molar-refractivity contribution is -0.384. The molecule has 0 heterocycles. The minimum atomic E-state index is -3.69. The number of carbonyl (C=O) groups is 1. The Balaban J connectivity index is 2.74. The molecule has 1 aromatic rings. The Labute approximate surface area is 128 Å². The lowest BCUT2D eigenvalue weighted by atomic mass is 10.1. The number of non-ortho nitro benzene ring substituents is 1. The van der Waals surface area contributed by atoms with E-state index in [1.54, 1.807) is 6.92 Å². The molecule has 0 fully saturated rings. The molecule has 0 aliphatic rings. The molecule has 0 saturated heterocycles. The minimum absolute atomic E-state index is 0.0647. The minimum Gasteiger partial charge on any atom is -0.480 e. The number of aliphatic carboxylic acids is 1. The smallest absolute Gasteiger partial charge is 0.318 e. The van der Waals surface area contributed by atoms with Crippen LogP contribution >= 0.6 is 0 Å². The molecule has 0 bridgehead atoms. The third kappa shape index (κ3) is 5.41. The second-order valence-corrected chi connectivity index (χ2v) is 6.81. The van der Waals surface area contributed by atoms with Gasteiger partial charge in [-0.2, -0.15) is 4.31 Å². The Hall–Kier alpha value is -2.00. The molecule has 0 radical (unpaired) electrons. The summed E-state index contributed by atoms with van der Waals surface area (Å²) in [7, 11) is -3.69. The lowest BCUT2D eigenvalue weighted by Gasteiger charge is -2.19. The summed E-state index contributed by atoms with van der Waals surface area (Å²) in [6.07, 6.45) is 0.685. The monoisotopic (exact) mass is 330 g/mol. The van der Waals surface area contributed by atoms with Gasteiger partial charge in [-0.3, -0.25) is 14.9 Å². The molecule has 0 unspecified atom stereocenters. The lowest BCUT2D eigenvalue weighted by Crippen LogP contribution is -2.38. The average molecular weight is 330 g/mol. The highest BCUT2D eigenvalue weighted by molar-refractivity contribution is 7.89. The topological polar surface area (TPSA) is 118 Å². The van der Waals surface area contributed by atoms with Crippen molar-refractivity contribution in [2.75, 3.05) is 18.8 Å². The summed E-state index contributed by atoms with van der Waals surface area (Å²) in [4.78, 5) is 20.7. The van der Waals surface area contributed by atoms with E-state index in [9.17, 15) is 23.3 Å². The first-order valence-corrected chi connectivity index (χ1v) is 8.30. The highest BCUT2D eigenvalue weighted by Crippen LogP contribution is 2.13. The van der Waals surface area contributed by atoms with Gasteiger partial charge in [0.2, 0.25) is 10.0 Å². The molecule has 0 spiro atoms. The van der Waals surface area contributed by atoms with Crippen molar-refractivity contribution in [1.82, 2.24) is 4.31 Å². The van der Waals surface area contributed by atoms with Gasteiger partial charge in [0.1, 0.15) is 6.54 Å². The van der Waals surface area contributed by atoms with E-state index in [0.29, 0.717) is 12.0 Å². The van der Waals surface area contributed by atoms with Crippen LogP contribution in [0.5, 0.6) is 0 Å². The molecule has 1 aromatic carbocycles. The van der Waals surface area contributed by atoms with Gasteiger partial charge in [-0.15, -0.1) is 0 Å². The molecule has 0 saturated carbocycles. The Morgan fingerprint density at radius 2 is 1.91 bits per heavy atom. The number of hydrogen-bond donors (Lipinski definition) is 1. The van der Waals surface area contributed by atoms with Crippen LogP contribution < -0.4 is 0 Å². The predicted octanol–water partition coefficient (Wildman–Crippen LogP) is 1.26. The van der Waals surface area contributed by atoms with Crippen molar-refractivity contribution < 1.29 is 23.2 Å². The molecular formula is C13H18N2O6S. The van der Waals surface area contributed by atoms with Crippen LogP contribution in [0.3, 0.4) is 0 Å². The number of sulfonamides is 1. The third-order valence-corrected chi connectivity index (χ3v) is 4.79. The number of hydrogen-bond acceptors (Lipinski definition) is 5. The van der Waals surface area contributed by atoms with E-state index in [1.165, 1.54) is 24.3 Å². The highest BCUT2D eigenvalue weighted by Gasteiger charge is 2.23. The fourth-order valence-electron chi connectivity index (χ4n) is 1.88. The Bertz CT molecular complexity index is 626. The molecule has 0 atom stereocenters. The predicted molar refractivity (Wildman–Crippen MR) is 80.1 cm³/mol. The van der Waals surface area contributed by atoms with E-state index < -0.39 is 27.5 Å². The molecule has 0 aliphatic heterocycles. The molecule has 0 aliphatic carbocycles. The first-order valence-electron chi connectivity index (χ1n) is 6.69. The number of nitrogens with zero attached hydrogens (tertiary/aromatic N) is 2. The van der Waals surface area contributed by atoms with Crippen LogP contribution in [-0.4, -0.2) is 47.6 Å². The van der Waals surface area contributed by atoms with Crippen LogP contribution in [0.1, 0.15) is 18.9 Å². The highest BCUT2D eigenvalue weighted by atomic mass is 32.2. The van der Waals surface area contributed by atoms with Crippen LogP contribution in [0.25, 0.3) is 0 Å². The van der Waals surface area contributed by atoms with E-state index in [-0.39, 0.29) is 24.4 Å². The molecule has 122 valence electrons. The van der Waals surface area contributed by atoms with Gasteiger partial charge in [0.25, 0.3) is 5.69 Å². The Morgan fingerprint density at radius 1 is 1.32 bits per heavy atom. The molecule has 0 amide bonds. The van der Waals surface area contributed by atoms with E-state index >= 15 is 0 Å². The quantitative estimate of drug-likeness (QED) is 0.538. The van der Waals surface area contributed by atoms with Crippen molar-refractivity contribution in [3.8, 4) is 0 Å². The summed E-state index contributed by atoms with van der Waals surface area (Å²) in [5, 5.41) is 19.3. The second kappa shape index (κ2) is 7.85. The van der Waals surface area contributed by atoms with Crippen LogP contribution in [-0.2, 0) is 21.2 Å². The maximum atomic E-state index is 12.2. The van der Waals surface area contributed by atoms with E-state index in [0.717, 1.165) is 4.31 Å². The third-order valence-electron chi connectivity index (χ3n) is 2.97. The molecule has 8 nitrogen and oxygen atoms in total. The first-order chi connectivity index (χ1) is 10.3. The molecule has 1 N–H and O–H groups in total. The molecular weight excluding hydrogens is 312 g/mol. The Kier molecular flexibility index (Phi) is 6.44. The van der Waals surface area contributed by atoms with Crippen LogP contribution in [0.2, 0.25) is 0 Å². The number of benzene rings is 1. The zero-order chi connectivity index (χ0) is 16.8. The molecule has 9 heteroatoms. The molecule has 1 rings (SSSR count). The van der Waals surface area contributed by atoms with E-state index in [2.05, 4.69) is 0 Å². The average Bonchev–Trinajstić information content (AvgIpc) is 2.45. The second-order valence-electron chi connectivity index (χ2n) is 4.72. The van der Waals surface area contributed by atoms with Crippen molar-refractivity contribution in [3.05, 3.63) is 39.9 Å². The van der Waals surface area contributed by atoms with Gasteiger partial charge in [-0.25, -0.2) is 8.42 Å². The van der Waals surface area contributed by atoms with Crippen molar-refractivity contribution >= 4 is 21.7 Å². The number of rotatable bonds is 9. The van der Waals surface area contributed by atoms with Gasteiger partial charge in [-0.05, 0) is 18.4 Å². The first kappa shape index (κ1) is 18.1. The largest absolute Gasteiger partial charge is 0.480 e. The molecule has 22 heavy (non-hydrogen) atoms. The number of nitro benzene ring substituents is 1. The normalized spacial score (nSPS) is 11.5. The summed E-state index contributed by atoms with van der Waals surface area (Å²) < 4.78 is 25.3. The van der Waals surface area contributed by atoms with Crippen LogP contribution in [0, 0.1) is 10.1 Å². The van der Waals surface area contributed by atoms with Crippen LogP contribution in [0.15, 0.2) is 24.3 Å². The van der Waals surface area contributed by atoms with Crippen LogP contribution in [0.4, 0.5) is 5.69 Å². The van der Waals surface area contributed by atoms with E-state index in [4.69, 9.17) is 5.11 Å². The summed E-state index contributed by atoms with van der Waals surface area (Å²) >= 11 is 0. The number of aryl methyl sites for hydroxylation is 1. The Morgan fingerprint density at radius 3 is 2.36 bits per heavy atom. The SMILES string of the molecule is CCCN(CC(=O)O)S(=O)(=O)CCc1ccc([N+](=O)[O-])cc1. The van der Waals surface area contributed by atoms with Crippen molar-refractivity contribution in [2.24, 2.45) is 0 Å². The van der Waals surface area contributed by atoms with Gasteiger partial charge in [0.05, 0.1) is 10.7 Å². The van der Waals surface area contributed by atoms with Crippen molar-refractivity contribution in [2.45, 2.75) is 19.8 Å². The standard InChI is InChI=1S/C13H18N2O6S/c1-2-8-14(10-13(16)17)22(20,21)9-7-11-3-5-12(6-4-11)15(18)19/h3-6H,2,7-10H2,1H3,(H,16,17). The maximum Gasteiger partial charge on any atom is 0.318 e. The summed E-state index contributed by atoms with van der Waals surface area (Å²) in [6, 6.07) is 5.61. The summed E-state index contributed by atoms with van der Waals surface area (Å²) in [5.41, 5.74) is 0.575. The van der Waals surface area contributed by atoms with Gasteiger partial charge >= 0.3 is 5.97 Å². The zero-order valence-electron chi connectivity index (χ0n) is 12.1. The fraction of sp³-hybridized carbons (Fsp3) is 0.462. The van der Waals surface area contributed by atoms with Crippen molar-refractivity contribution in [1.29, 1.82) is 0 Å². The fourth-order valence-corrected chi connectivity index (χ4v) is 3.40. The maximum absolute atomic E-state index is 12.2. The van der Waals surface area contributed by atoms with Gasteiger partial charge in [-0.1, -0.05) is 19.1 Å². The number of nitro groups is 1. The van der Waals surface area contributed by atoms with Crippen molar-refractivity contribution in [3.63, 3.8) is 0 Å². The molecule has 0 aromatic heterocycles.